The van der Waals surface area contributed by atoms with Gasteiger partial charge in [0.25, 0.3) is 0 Å². The van der Waals surface area contributed by atoms with E-state index in [2.05, 4.69) is 0 Å². The van der Waals surface area contributed by atoms with Crippen LogP contribution in [0, 0.1) is 0 Å². The lowest BCUT2D eigenvalue weighted by Gasteiger charge is -2.13. The first-order chi connectivity index (χ1) is 6.01. The number of hydrogen-bond acceptors (Lipinski definition) is 1. The Labute approximate surface area is 78.8 Å². The van der Waals surface area contributed by atoms with Gasteiger partial charge in [0.2, 0.25) is 0 Å². The zero-order chi connectivity index (χ0) is 9.90. The van der Waals surface area contributed by atoms with E-state index >= 15 is 0 Å². The fourth-order valence-electron chi connectivity index (χ4n) is 1.28. The SMILES string of the molecule is CC(C)(F)Cc1ccc(CN)cc1. The van der Waals surface area contributed by atoms with Crippen LogP contribution in [0.1, 0.15) is 25.0 Å². The first-order valence-corrected chi connectivity index (χ1v) is 4.48. The summed E-state index contributed by atoms with van der Waals surface area (Å²) in [6, 6.07) is 7.76. The zero-order valence-electron chi connectivity index (χ0n) is 8.18. The molecule has 0 bridgehead atoms. The topological polar surface area (TPSA) is 26.0 Å². The molecule has 0 radical (unpaired) electrons. The molecule has 0 saturated carbocycles. The second-order valence-corrected chi connectivity index (χ2v) is 3.92. The van der Waals surface area contributed by atoms with E-state index in [0.29, 0.717) is 13.0 Å². The van der Waals surface area contributed by atoms with Crippen molar-refractivity contribution in [1.82, 2.24) is 0 Å². The van der Waals surface area contributed by atoms with Crippen LogP contribution in [-0.4, -0.2) is 5.67 Å². The molecule has 0 aliphatic rings. The lowest BCUT2D eigenvalue weighted by molar-refractivity contribution is 0.217. The highest BCUT2D eigenvalue weighted by molar-refractivity contribution is 5.23. The van der Waals surface area contributed by atoms with Gasteiger partial charge in [0.05, 0.1) is 0 Å². The van der Waals surface area contributed by atoms with E-state index in [4.69, 9.17) is 5.73 Å². The van der Waals surface area contributed by atoms with Crippen LogP contribution in [0.3, 0.4) is 0 Å². The van der Waals surface area contributed by atoms with E-state index in [-0.39, 0.29) is 0 Å². The van der Waals surface area contributed by atoms with Gasteiger partial charge < -0.3 is 5.73 Å². The number of halogens is 1. The molecule has 0 spiro atoms. The fourth-order valence-corrected chi connectivity index (χ4v) is 1.28. The molecule has 1 aromatic carbocycles. The van der Waals surface area contributed by atoms with Crippen molar-refractivity contribution in [3.05, 3.63) is 35.4 Å². The average molecular weight is 181 g/mol. The molecule has 72 valence electrons. The van der Waals surface area contributed by atoms with Gasteiger partial charge in [-0.25, -0.2) is 4.39 Å². The highest BCUT2D eigenvalue weighted by Crippen LogP contribution is 2.16. The van der Waals surface area contributed by atoms with Crippen LogP contribution in [-0.2, 0) is 13.0 Å². The van der Waals surface area contributed by atoms with E-state index in [1.165, 1.54) is 0 Å². The van der Waals surface area contributed by atoms with Gasteiger partial charge in [0, 0.05) is 13.0 Å². The fraction of sp³-hybridized carbons (Fsp3) is 0.455. The molecule has 13 heavy (non-hydrogen) atoms. The van der Waals surface area contributed by atoms with Crippen molar-refractivity contribution in [3.8, 4) is 0 Å². The molecule has 1 aromatic rings. The molecule has 0 fully saturated rings. The minimum absolute atomic E-state index is 0.456. The average Bonchev–Trinajstić information content (AvgIpc) is 2.03. The van der Waals surface area contributed by atoms with E-state index in [1.807, 2.05) is 24.3 Å². The highest BCUT2D eigenvalue weighted by Gasteiger charge is 2.15. The van der Waals surface area contributed by atoms with Crippen LogP contribution in [0.2, 0.25) is 0 Å². The first-order valence-electron chi connectivity index (χ1n) is 4.48. The summed E-state index contributed by atoms with van der Waals surface area (Å²) in [6.45, 7) is 3.72. The lowest BCUT2D eigenvalue weighted by Crippen LogP contribution is -2.15. The van der Waals surface area contributed by atoms with E-state index in [9.17, 15) is 4.39 Å². The molecule has 0 aromatic heterocycles. The Balaban J connectivity index is 2.70. The number of hydrogen-bond donors (Lipinski definition) is 1. The monoisotopic (exact) mass is 181 g/mol. The Morgan fingerprint density at radius 2 is 1.62 bits per heavy atom. The number of rotatable bonds is 3. The first kappa shape index (κ1) is 10.2. The Hall–Kier alpha value is -0.890. The van der Waals surface area contributed by atoms with Gasteiger partial charge in [0.1, 0.15) is 5.67 Å². The van der Waals surface area contributed by atoms with Gasteiger partial charge in [-0.2, -0.15) is 0 Å². The van der Waals surface area contributed by atoms with Crippen LogP contribution in [0.4, 0.5) is 4.39 Å². The Kier molecular flexibility index (Phi) is 3.04. The van der Waals surface area contributed by atoms with Crippen molar-refractivity contribution in [2.24, 2.45) is 5.73 Å². The van der Waals surface area contributed by atoms with Gasteiger partial charge in [0.15, 0.2) is 0 Å². The largest absolute Gasteiger partial charge is 0.326 e. The molecule has 1 nitrogen and oxygen atoms in total. The predicted octanol–water partition coefficient (Wildman–Crippen LogP) is 2.44. The normalized spacial score (nSPS) is 11.7. The van der Waals surface area contributed by atoms with Gasteiger partial charge >= 0.3 is 0 Å². The molecule has 0 atom stereocenters. The molecular weight excluding hydrogens is 165 g/mol. The van der Waals surface area contributed by atoms with E-state index < -0.39 is 5.67 Å². The third-order valence-corrected chi connectivity index (χ3v) is 1.88. The van der Waals surface area contributed by atoms with Gasteiger partial charge in [-0.05, 0) is 25.0 Å². The maximum Gasteiger partial charge on any atom is 0.109 e. The molecule has 0 aliphatic heterocycles. The maximum absolute atomic E-state index is 13.2. The smallest absolute Gasteiger partial charge is 0.109 e. The number of benzene rings is 1. The van der Waals surface area contributed by atoms with Crippen LogP contribution < -0.4 is 5.73 Å². The molecule has 0 saturated heterocycles. The summed E-state index contributed by atoms with van der Waals surface area (Å²) in [7, 11) is 0. The summed E-state index contributed by atoms with van der Waals surface area (Å²) in [5, 5.41) is 0. The third kappa shape index (κ3) is 3.55. The summed E-state index contributed by atoms with van der Waals surface area (Å²) >= 11 is 0. The Bertz CT molecular complexity index is 258. The summed E-state index contributed by atoms with van der Waals surface area (Å²) in [4.78, 5) is 0. The van der Waals surface area contributed by atoms with Crippen molar-refractivity contribution in [3.63, 3.8) is 0 Å². The van der Waals surface area contributed by atoms with Crippen molar-refractivity contribution in [2.45, 2.75) is 32.5 Å². The third-order valence-electron chi connectivity index (χ3n) is 1.88. The summed E-state index contributed by atoms with van der Waals surface area (Å²) < 4.78 is 13.2. The Morgan fingerprint density at radius 1 is 1.15 bits per heavy atom. The lowest BCUT2D eigenvalue weighted by atomic mass is 9.99. The van der Waals surface area contributed by atoms with Crippen LogP contribution in [0.25, 0.3) is 0 Å². The molecular formula is C11H16FN. The molecule has 2 N–H and O–H groups in total. The zero-order valence-corrected chi connectivity index (χ0v) is 8.18. The molecule has 0 aliphatic carbocycles. The predicted molar refractivity (Wildman–Crippen MR) is 53.2 cm³/mol. The molecule has 0 amide bonds. The maximum atomic E-state index is 13.2. The summed E-state index contributed by atoms with van der Waals surface area (Å²) in [6.07, 6.45) is 0.456. The second kappa shape index (κ2) is 3.88. The molecule has 2 heteroatoms. The Morgan fingerprint density at radius 3 is 2.00 bits per heavy atom. The van der Waals surface area contributed by atoms with Crippen molar-refractivity contribution in [2.75, 3.05) is 0 Å². The molecule has 1 rings (SSSR count). The van der Waals surface area contributed by atoms with Crippen LogP contribution >= 0.6 is 0 Å². The molecule has 0 unspecified atom stereocenters. The van der Waals surface area contributed by atoms with Gasteiger partial charge in [-0.1, -0.05) is 24.3 Å². The van der Waals surface area contributed by atoms with E-state index in [0.717, 1.165) is 11.1 Å². The van der Waals surface area contributed by atoms with Crippen molar-refractivity contribution < 1.29 is 4.39 Å². The van der Waals surface area contributed by atoms with Crippen LogP contribution in [0.15, 0.2) is 24.3 Å². The summed E-state index contributed by atoms with van der Waals surface area (Å²) in [5.41, 5.74) is 6.42. The van der Waals surface area contributed by atoms with Crippen molar-refractivity contribution in [1.29, 1.82) is 0 Å². The molecule has 0 heterocycles. The number of alkyl halides is 1. The minimum Gasteiger partial charge on any atom is -0.326 e. The number of nitrogens with two attached hydrogens (primary N) is 1. The van der Waals surface area contributed by atoms with E-state index in [1.54, 1.807) is 13.8 Å². The quantitative estimate of drug-likeness (QED) is 0.761. The standard InChI is InChI=1S/C11H16FN/c1-11(2,12)7-9-3-5-10(8-13)6-4-9/h3-6H,7-8,13H2,1-2H3. The highest BCUT2D eigenvalue weighted by atomic mass is 19.1. The van der Waals surface area contributed by atoms with Gasteiger partial charge in [-0.15, -0.1) is 0 Å². The summed E-state index contributed by atoms with van der Waals surface area (Å²) in [5.74, 6) is 0. The minimum atomic E-state index is -1.13. The van der Waals surface area contributed by atoms with Crippen molar-refractivity contribution >= 4 is 0 Å². The van der Waals surface area contributed by atoms with Crippen LogP contribution in [0.5, 0.6) is 0 Å². The van der Waals surface area contributed by atoms with Gasteiger partial charge in [-0.3, -0.25) is 0 Å². The second-order valence-electron chi connectivity index (χ2n) is 3.92.